The Hall–Kier alpha value is -0.000519. The van der Waals surface area contributed by atoms with Gasteiger partial charge in [0.25, 0.3) is 0 Å². The molecule has 1 aromatic heterocycles. The second-order valence-electron chi connectivity index (χ2n) is 4.69. The van der Waals surface area contributed by atoms with E-state index in [2.05, 4.69) is 40.7 Å². The van der Waals surface area contributed by atoms with Crippen molar-refractivity contribution in [1.82, 2.24) is 0 Å². The van der Waals surface area contributed by atoms with Crippen molar-refractivity contribution in [2.75, 3.05) is 0 Å². The first-order chi connectivity index (χ1) is 5.38. The van der Waals surface area contributed by atoms with Crippen LogP contribution in [0.15, 0.2) is 6.07 Å². The third-order valence-electron chi connectivity index (χ3n) is 1.92. The van der Waals surface area contributed by atoms with Gasteiger partial charge in [0, 0.05) is 0 Å². The van der Waals surface area contributed by atoms with Gasteiger partial charge in [0.15, 0.2) is 0 Å². The summed E-state index contributed by atoms with van der Waals surface area (Å²) in [5, 5.41) is 0. The summed E-state index contributed by atoms with van der Waals surface area (Å²) in [6, 6.07) is 2.39. The van der Waals surface area contributed by atoms with Gasteiger partial charge in [-0.05, 0) is 0 Å². The molecular weight excluding hydrogens is 211 g/mol. The molecule has 0 N–H and O–H groups in total. The van der Waals surface area contributed by atoms with Crippen LogP contribution in [0.4, 0.5) is 0 Å². The van der Waals surface area contributed by atoms with Gasteiger partial charge < -0.3 is 0 Å². The predicted octanol–water partition coefficient (Wildman–Crippen LogP) is 2.95. The van der Waals surface area contributed by atoms with Gasteiger partial charge in [0.05, 0.1) is 0 Å². The molecule has 1 heterocycles. The minimum atomic E-state index is 0.457. The molecule has 1 heteroatoms. The molecule has 0 bridgehead atoms. The van der Waals surface area contributed by atoms with Crippen LogP contribution in [0.1, 0.15) is 35.2 Å². The molecule has 0 amide bonds. The Bertz CT molecular complexity index is 244. The first-order valence-electron chi connectivity index (χ1n) is 4.44. The molecule has 12 heavy (non-hydrogen) atoms. The zero-order valence-electron chi connectivity index (χ0n) is 8.69. The maximum atomic E-state index is 2.39. The molecule has 1 aromatic rings. The van der Waals surface area contributed by atoms with Crippen LogP contribution in [0.2, 0.25) is 0 Å². The Balaban J connectivity index is 2.77. The second kappa shape index (κ2) is 3.39. The Morgan fingerprint density at radius 1 is 1.25 bits per heavy atom. The third-order valence-corrected chi connectivity index (χ3v) is 4.34. The monoisotopic (exact) mass is 230 g/mol. The molecule has 0 atom stereocenters. The molecular formula is C11H18Se. The SMILES string of the molecule is Cc1cc(CC(C)(C)C)[se]c1C. The van der Waals surface area contributed by atoms with Crippen LogP contribution in [-0.4, -0.2) is 14.5 Å². The summed E-state index contributed by atoms with van der Waals surface area (Å²) in [6.07, 6.45) is 1.27. The van der Waals surface area contributed by atoms with E-state index in [0.717, 1.165) is 0 Å². The Morgan fingerprint density at radius 3 is 2.17 bits per heavy atom. The van der Waals surface area contributed by atoms with Crippen LogP contribution in [0.3, 0.4) is 0 Å². The Kier molecular flexibility index (Phi) is 2.85. The van der Waals surface area contributed by atoms with E-state index in [9.17, 15) is 0 Å². The van der Waals surface area contributed by atoms with Gasteiger partial charge in [-0.3, -0.25) is 0 Å². The molecule has 0 nitrogen and oxygen atoms in total. The van der Waals surface area contributed by atoms with Crippen molar-refractivity contribution in [3.63, 3.8) is 0 Å². The van der Waals surface area contributed by atoms with Crippen LogP contribution in [0.25, 0.3) is 0 Å². The molecule has 0 radical (unpaired) electrons. The van der Waals surface area contributed by atoms with Gasteiger partial charge in [-0.25, -0.2) is 0 Å². The molecule has 0 aromatic carbocycles. The van der Waals surface area contributed by atoms with E-state index in [1.54, 1.807) is 8.87 Å². The van der Waals surface area contributed by atoms with Gasteiger partial charge in [-0.15, -0.1) is 0 Å². The number of hydrogen-bond donors (Lipinski definition) is 0. The minimum absolute atomic E-state index is 0.457. The van der Waals surface area contributed by atoms with Crippen molar-refractivity contribution in [2.45, 2.75) is 41.0 Å². The van der Waals surface area contributed by atoms with Crippen molar-refractivity contribution < 1.29 is 0 Å². The fourth-order valence-electron chi connectivity index (χ4n) is 1.26. The van der Waals surface area contributed by atoms with Crippen molar-refractivity contribution in [3.05, 3.63) is 20.5 Å². The van der Waals surface area contributed by atoms with Crippen molar-refractivity contribution in [1.29, 1.82) is 0 Å². The van der Waals surface area contributed by atoms with Gasteiger partial charge in [-0.1, -0.05) is 0 Å². The Morgan fingerprint density at radius 2 is 1.83 bits per heavy atom. The van der Waals surface area contributed by atoms with Gasteiger partial charge >= 0.3 is 81.5 Å². The molecule has 0 saturated heterocycles. The molecule has 68 valence electrons. The van der Waals surface area contributed by atoms with E-state index >= 15 is 0 Å². The second-order valence-corrected chi connectivity index (χ2v) is 7.50. The average Bonchev–Trinajstić information content (AvgIpc) is 2.07. The van der Waals surface area contributed by atoms with Crippen LogP contribution < -0.4 is 0 Å². The predicted molar refractivity (Wildman–Crippen MR) is 56.0 cm³/mol. The maximum absolute atomic E-state index is 2.39. The van der Waals surface area contributed by atoms with Crippen LogP contribution in [0, 0.1) is 19.3 Å². The van der Waals surface area contributed by atoms with E-state index < -0.39 is 0 Å². The zero-order chi connectivity index (χ0) is 9.35. The molecule has 1 rings (SSSR count). The summed E-state index contributed by atoms with van der Waals surface area (Å²) in [7, 11) is 0. The topological polar surface area (TPSA) is 0 Å². The van der Waals surface area contributed by atoms with Gasteiger partial charge in [-0.2, -0.15) is 0 Å². The zero-order valence-corrected chi connectivity index (χ0v) is 10.4. The molecule has 0 spiro atoms. The van der Waals surface area contributed by atoms with Crippen molar-refractivity contribution in [2.24, 2.45) is 5.41 Å². The first kappa shape index (κ1) is 10.1. The summed E-state index contributed by atoms with van der Waals surface area (Å²) in [5.74, 6) is 0. The summed E-state index contributed by atoms with van der Waals surface area (Å²) in [5.41, 5.74) is 1.97. The fraction of sp³-hybridized carbons (Fsp3) is 0.636. The van der Waals surface area contributed by atoms with Crippen LogP contribution in [-0.2, 0) is 6.42 Å². The fourth-order valence-corrected chi connectivity index (χ4v) is 4.10. The molecule has 0 unspecified atom stereocenters. The standard InChI is InChI=1S/C11H18Se/c1-8-6-10(12-9(8)2)7-11(3,4)5/h6H,7H2,1-5H3. The van der Waals surface area contributed by atoms with Crippen molar-refractivity contribution >= 4 is 14.5 Å². The van der Waals surface area contributed by atoms with Crippen molar-refractivity contribution in [3.8, 4) is 0 Å². The summed E-state index contributed by atoms with van der Waals surface area (Å²) >= 11 is 0.664. The number of hydrogen-bond acceptors (Lipinski definition) is 0. The summed E-state index contributed by atoms with van der Waals surface area (Å²) in [6.45, 7) is 11.4. The van der Waals surface area contributed by atoms with Crippen LogP contribution in [0.5, 0.6) is 0 Å². The number of aryl methyl sites for hydroxylation is 2. The Labute approximate surface area is 81.7 Å². The molecule has 0 aliphatic carbocycles. The van der Waals surface area contributed by atoms with E-state index in [0.29, 0.717) is 19.9 Å². The summed E-state index contributed by atoms with van der Waals surface area (Å²) < 4.78 is 3.28. The molecule has 0 aliphatic rings. The third kappa shape index (κ3) is 2.80. The van der Waals surface area contributed by atoms with E-state index in [-0.39, 0.29) is 0 Å². The number of rotatable bonds is 1. The normalized spacial score (nSPS) is 12.1. The molecule has 0 saturated carbocycles. The average molecular weight is 229 g/mol. The molecule has 0 aliphatic heterocycles. The molecule has 0 fully saturated rings. The van der Waals surface area contributed by atoms with E-state index in [1.807, 2.05) is 0 Å². The van der Waals surface area contributed by atoms with Gasteiger partial charge in [0.2, 0.25) is 0 Å². The van der Waals surface area contributed by atoms with Crippen LogP contribution >= 0.6 is 0 Å². The quantitative estimate of drug-likeness (QED) is 0.649. The summed E-state index contributed by atoms with van der Waals surface area (Å²) in [4.78, 5) is 0. The van der Waals surface area contributed by atoms with E-state index in [1.165, 1.54) is 12.0 Å². The van der Waals surface area contributed by atoms with Gasteiger partial charge in [0.1, 0.15) is 0 Å². The van der Waals surface area contributed by atoms with E-state index in [4.69, 9.17) is 0 Å². The first-order valence-corrected chi connectivity index (χ1v) is 6.16.